The topological polar surface area (TPSA) is 206 Å². The number of aliphatic carboxylic acids is 4. The van der Waals surface area contributed by atoms with E-state index in [0.717, 1.165) is 44.5 Å². The third-order valence-corrected chi connectivity index (χ3v) is 9.00. The van der Waals surface area contributed by atoms with Gasteiger partial charge in [-0.25, -0.2) is 0 Å². The molecule has 0 spiro atoms. The van der Waals surface area contributed by atoms with Crippen molar-refractivity contribution in [3.8, 4) is 0 Å². The first kappa shape index (κ1) is 36.8. The van der Waals surface area contributed by atoms with Crippen molar-refractivity contribution in [3.05, 3.63) is 88.7 Å². The summed E-state index contributed by atoms with van der Waals surface area (Å²) < 4.78 is 0. The third kappa shape index (κ3) is 8.00. The van der Waals surface area contributed by atoms with Crippen LogP contribution in [0.15, 0.2) is 0 Å². The quantitative estimate of drug-likeness (QED) is 0.130. The molecule has 4 N–H and O–H groups in total. The second-order valence-electron chi connectivity index (χ2n) is 12.1. The number of hydrogen-bond donors (Lipinski definition) is 4. The van der Waals surface area contributed by atoms with Crippen molar-refractivity contribution in [1.82, 2.24) is 19.9 Å². The Morgan fingerprint density at radius 1 is 0.429 bits per heavy atom. The summed E-state index contributed by atoms with van der Waals surface area (Å²) in [5, 5.41) is 40.1. The van der Waals surface area contributed by atoms with Crippen LogP contribution in [0.3, 0.4) is 0 Å². The van der Waals surface area contributed by atoms with Crippen molar-refractivity contribution in [1.29, 1.82) is 0 Å². The smallest absolute Gasteiger partial charge is 0.303 e. The van der Waals surface area contributed by atoms with Crippen LogP contribution < -0.4 is 41.3 Å². The Balaban J connectivity index is 0.00000541. The first-order chi connectivity index (χ1) is 22.7. The van der Waals surface area contributed by atoms with Crippen LogP contribution in [-0.4, -0.2) is 44.3 Å². The van der Waals surface area contributed by atoms with Gasteiger partial charge in [-0.1, -0.05) is 68.8 Å². The average molecular weight is 711 g/mol. The third-order valence-electron chi connectivity index (χ3n) is 9.00. The van der Waals surface area contributed by atoms with Crippen molar-refractivity contribution in [3.63, 3.8) is 0 Å². The molecule has 262 valence electrons. The molecule has 5 heterocycles. The number of rotatable bonds is 12. The van der Waals surface area contributed by atoms with E-state index in [1.54, 1.807) is 24.3 Å². The maximum Gasteiger partial charge on any atom is 0.303 e. The van der Waals surface area contributed by atoms with Gasteiger partial charge in [-0.2, -0.15) is 0 Å². The summed E-state index contributed by atoms with van der Waals surface area (Å²) in [6.45, 7) is 7.43. The first-order valence-electron chi connectivity index (χ1n) is 15.6. The Morgan fingerprint density at radius 3 is 1.02 bits per heavy atom. The van der Waals surface area contributed by atoms with E-state index in [1.807, 2.05) is 27.7 Å². The van der Waals surface area contributed by atoms with E-state index in [0.29, 0.717) is 44.2 Å². The monoisotopic (exact) mass is 710 g/mol. The molecule has 0 radical (unpaired) electrons. The molecule has 49 heavy (non-hydrogen) atoms. The number of fused-ring (bicyclic) bond motifs is 8. The number of carbonyl (C=O) groups is 4. The van der Waals surface area contributed by atoms with Gasteiger partial charge in [0.15, 0.2) is 0 Å². The maximum absolute atomic E-state index is 11.6. The number of hydrogen-bond acceptors (Lipinski definition) is 4. The van der Waals surface area contributed by atoms with Crippen LogP contribution in [0.4, 0.5) is 0 Å². The predicted molar refractivity (Wildman–Crippen MR) is 175 cm³/mol. The Hall–Kier alpha value is -5.03. The number of nitrogens with zero attached hydrogens (tertiary/aromatic N) is 4. The van der Waals surface area contributed by atoms with Crippen molar-refractivity contribution in [2.75, 3.05) is 0 Å². The van der Waals surface area contributed by atoms with Crippen LogP contribution in [0.25, 0.3) is 24.3 Å². The summed E-state index contributed by atoms with van der Waals surface area (Å²) in [4.78, 5) is 65.9. The largest absolute Gasteiger partial charge is 0.657 e. The van der Waals surface area contributed by atoms with Crippen LogP contribution in [0.1, 0.15) is 93.0 Å². The Kier molecular flexibility index (Phi) is 11.3. The zero-order valence-corrected chi connectivity index (χ0v) is 28.5. The second-order valence-corrected chi connectivity index (χ2v) is 12.1. The SMILES string of the molecule is Cc1c2[n-]c(c1CCC(=O)O)/C=c1\[n-]/c(c(CCC(=O)O)c1C)=C\c1[n-]c(c(CCC(=O)O)c1C)/C=c1\[n-]/c(c(CCC(=O)O)c1C)=C\2.[Ni]. The number of carboxylic acid groups (broad SMARTS) is 4. The zero-order chi connectivity index (χ0) is 34.9. The normalized spacial score (nSPS) is 14.6. The Morgan fingerprint density at radius 2 is 0.714 bits per heavy atom. The van der Waals surface area contributed by atoms with Crippen molar-refractivity contribution in [2.45, 2.75) is 79.1 Å². The number of aromatic nitrogens is 4. The molecule has 1 aliphatic heterocycles. The fourth-order valence-corrected chi connectivity index (χ4v) is 6.26. The minimum atomic E-state index is -0.954. The van der Waals surface area contributed by atoms with E-state index < -0.39 is 23.9 Å². The predicted octanol–water partition coefficient (Wildman–Crippen LogP) is 0.444. The molecule has 0 aromatic carbocycles. The molecule has 0 saturated heterocycles. The van der Waals surface area contributed by atoms with Gasteiger partial charge in [0.05, 0.1) is 0 Å². The molecular weight excluding hydrogens is 675 g/mol. The van der Waals surface area contributed by atoms with Crippen molar-refractivity contribution < 1.29 is 56.1 Å². The van der Waals surface area contributed by atoms with Gasteiger partial charge in [0.1, 0.15) is 0 Å². The molecule has 13 heteroatoms. The molecule has 0 unspecified atom stereocenters. The van der Waals surface area contributed by atoms with Crippen LogP contribution in [0.2, 0.25) is 0 Å². The van der Waals surface area contributed by atoms with E-state index in [9.17, 15) is 39.6 Å². The van der Waals surface area contributed by atoms with E-state index >= 15 is 0 Å². The van der Waals surface area contributed by atoms with E-state index in [2.05, 4.69) is 0 Å². The molecule has 4 aromatic heterocycles. The fourth-order valence-electron chi connectivity index (χ4n) is 6.26. The summed E-state index contributed by atoms with van der Waals surface area (Å²) in [5.41, 5.74) is 8.16. The second kappa shape index (κ2) is 15.0. The Bertz CT molecular complexity index is 2060. The number of carboxylic acids is 4. The molecule has 0 atom stereocenters. The van der Waals surface area contributed by atoms with Crippen molar-refractivity contribution in [2.24, 2.45) is 0 Å². The fraction of sp³-hybridized carbons (Fsp3) is 0.333. The zero-order valence-electron chi connectivity index (χ0n) is 27.5. The maximum atomic E-state index is 11.6. The van der Waals surface area contributed by atoms with Gasteiger partial charge in [0, 0.05) is 42.2 Å². The van der Waals surface area contributed by atoms with Gasteiger partial charge < -0.3 is 40.4 Å². The van der Waals surface area contributed by atoms with Gasteiger partial charge >= 0.3 is 23.9 Å². The molecule has 0 amide bonds. The summed E-state index contributed by atoms with van der Waals surface area (Å²) in [6.07, 6.45) is 7.54. The molecule has 0 fully saturated rings. The summed E-state index contributed by atoms with van der Waals surface area (Å²) in [5.74, 6) is -3.82. The molecule has 0 aliphatic carbocycles. The molecule has 4 aromatic rings. The molecule has 8 bridgehead atoms. The summed E-state index contributed by atoms with van der Waals surface area (Å²) in [7, 11) is 0. The molecule has 12 nitrogen and oxygen atoms in total. The van der Waals surface area contributed by atoms with Crippen molar-refractivity contribution >= 4 is 48.2 Å². The van der Waals surface area contributed by atoms with Crippen LogP contribution in [-0.2, 0) is 61.4 Å². The summed E-state index contributed by atoms with van der Waals surface area (Å²) >= 11 is 0. The van der Waals surface area contributed by atoms with Gasteiger partial charge in [-0.05, 0) is 53.4 Å². The first-order valence-corrected chi connectivity index (χ1v) is 15.6. The van der Waals surface area contributed by atoms with Crippen LogP contribution in [0, 0.1) is 27.7 Å². The molecular formula is C36H36N4NiO8-4. The molecule has 0 saturated carbocycles. The summed E-state index contributed by atoms with van der Waals surface area (Å²) in [6, 6.07) is 0. The van der Waals surface area contributed by atoms with E-state index in [-0.39, 0.29) is 67.9 Å². The van der Waals surface area contributed by atoms with Gasteiger partial charge in [-0.15, -0.1) is 44.2 Å². The van der Waals surface area contributed by atoms with E-state index in [1.165, 1.54) is 0 Å². The van der Waals surface area contributed by atoms with Gasteiger partial charge in [0.2, 0.25) is 0 Å². The standard InChI is InChI=1S/C36H36N4O8.Ni/c1-17-21(5-9-33(41)42)29-14-26-19(3)23(7-11-35(45)46)31(39-26)16-28-20(4)24(8-12-36(47)48)32(40-28)15-27-18(2)22(6-10-34(43)44)30(38-27)13-25(17)37-29;/h13-16H,5-12H2,1-4H3,(H,41,42)(H,43,44)(H,45,46)(H,47,48);/q-4;/b25-13-,26-14?,27-15?,28-16-,29-14-,30-13?,31-16?,32-15-;. The molecule has 5 rings (SSSR count). The minimum absolute atomic E-state index is 0. The van der Waals surface area contributed by atoms with Crippen LogP contribution >= 0.6 is 0 Å². The van der Waals surface area contributed by atoms with Crippen LogP contribution in [0.5, 0.6) is 0 Å². The molecule has 1 aliphatic rings. The average Bonchev–Trinajstić information content (AvgIpc) is 3.66. The van der Waals surface area contributed by atoms with Gasteiger partial charge in [0.25, 0.3) is 0 Å². The van der Waals surface area contributed by atoms with E-state index in [4.69, 9.17) is 19.9 Å². The Labute approximate surface area is 291 Å². The van der Waals surface area contributed by atoms with Gasteiger partial charge in [-0.3, -0.25) is 19.2 Å². The minimum Gasteiger partial charge on any atom is -0.657 e.